The lowest BCUT2D eigenvalue weighted by molar-refractivity contribution is -0.126. The third-order valence-corrected chi connectivity index (χ3v) is 3.70. The van der Waals surface area contributed by atoms with Crippen molar-refractivity contribution in [3.63, 3.8) is 0 Å². The third-order valence-electron chi connectivity index (χ3n) is 3.70. The number of carbonyl (C=O) groups excluding carboxylic acids is 1. The molecule has 0 bridgehead atoms. The van der Waals surface area contributed by atoms with E-state index in [-0.39, 0.29) is 18.1 Å². The van der Waals surface area contributed by atoms with Crippen molar-refractivity contribution in [1.82, 2.24) is 0 Å². The Bertz CT molecular complexity index is 454. The predicted octanol–water partition coefficient (Wildman–Crippen LogP) is 3.62. The minimum absolute atomic E-state index is 0.173. The molecule has 0 saturated heterocycles. The molecule has 112 valence electrons. The van der Waals surface area contributed by atoms with Crippen molar-refractivity contribution in [3.8, 4) is 0 Å². The fourth-order valence-electron chi connectivity index (χ4n) is 2.60. The summed E-state index contributed by atoms with van der Waals surface area (Å²) < 4.78 is 13.7. The van der Waals surface area contributed by atoms with Crippen molar-refractivity contribution in [1.29, 1.82) is 0 Å². The maximum absolute atomic E-state index is 13.7. The molecule has 20 heavy (non-hydrogen) atoms. The number of nitrogens with one attached hydrogen (secondary N) is 1. The van der Waals surface area contributed by atoms with E-state index >= 15 is 0 Å². The van der Waals surface area contributed by atoms with Gasteiger partial charge < -0.3 is 11.1 Å². The summed E-state index contributed by atoms with van der Waals surface area (Å²) in [6.07, 6.45) is 3.19. The molecule has 1 aromatic carbocycles. The Morgan fingerprint density at radius 1 is 1.30 bits per heavy atom. The van der Waals surface area contributed by atoms with Crippen molar-refractivity contribution in [3.05, 3.63) is 29.6 Å². The number of rotatable bonds is 7. The molecule has 3 N–H and O–H groups in total. The summed E-state index contributed by atoms with van der Waals surface area (Å²) in [7, 11) is 0. The Kier molecular flexibility index (Phi) is 6.14. The van der Waals surface area contributed by atoms with Crippen LogP contribution < -0.4 is 11.1 Å². The van der Waals surface area contributed by atoms with E-state index in [0.29, 0.717) is 0 Å². The fraction of sp³-hybridized carbons (Fsp3) is 0.562. The lowest BCUT2D eigenvalue weighted by Gasteiger charge is -2.30. The van der Waals surface area contributed by atoms with E-state index in [2.05, 4.69) is 5.32 Å². The smallest absolute Gasteiger partial charge is 0.231 e. The first-order chi connectivity index (χ1) is 9.49. The maximum Gasteiger partial charge on any atom is 0.231 e. The minimum Gasteiger partial charge on any atom is -0.329 e. The van der Waals surface area contributed by atoms with Crippen LogP contribution in [0.4, 0.5) is 10.1 Å². The van der Waals surface area contributed by atoms with Gasteiger partial charge in [0.2, 0.25) is 5.91 Å². The Hall–Kier alpha value is -1.42. The zero-order chi connectivity index (χ0) is 15.2. The van der Waals surface area contributed by atoms with Gasteiger partial charge in [0.15, 0.2) is 0 Å². The van der Waals surface area contributed by atoms with Gasteiger partial charge in [-0.3, -0.25) is 4.79 Å². The number of halogens is 1. The summed E-state index contributed by atoms with van der Waals surface area (Å²) in [5.41, 5.74) is 6.39. The second kappa shape index (κ2) is 7.39. The zero-order valence-corrected chi connectivity index (χ0v) is 12.6. The van der Waals surface area contributed by atoms with Gasteiger partial charge in [0.25, 0.3) is 0 Å². The average Bonchev–Trinajstić information content (AvgIpc) is 2.42. The first-order valence-corrected chi connectivity index (χ1v) is 7.26. The average molecular weight is 280 g/mol. The summed E-state index contributed by atoms with van der Waals surface area (Å²) in [5.74, 6) is -0.587. The van der Waals surface area contributed by atoms with Crippen molar-refractivity contribution in [2.75, 3.05) is 11.9 Å². The topological polar surface area (TPSA) is 55.1 Å². The molecule has 0 saturated carbocycles. The number of hydrogen-bond acceptors (Lipinski definition) is 2. The molecule has 0 aliphatic heterocycles. The van der Waals surface area contributed by atoms with Crippen LogP contribution in [0.3, 0.4) is 0 Å². The fourth-order valence-corrected chi connectivity index (χ4v) is 2.60. The van der Waals surface area contributed by atoms with Gasteiger partial charge >= 0.3 is 0 Å². The van der Waals surface area contributed by atoms with Crippen molar-refractivity contribution in [2.24, 2.45) is 11.1 Å². The molecule has 0 atom stereocenters. The standard InChI is InChI=1S/C16H25FN2O/c1-4-8-16(11-18,9-5-2)15(20)19-14-10-12(3)6-7-13(14)17/h6-7,10H,4-5,8-9,11,18H2,1-3H3,(H,19,20). The Morgan fingerprint density at radius 3 is 2.40 bits per heavy atom. The lowest BCUT2D eigenvalue weighted by Crippen LogP contribution is -2.42. The highest BCUT2D eigenvalue weighted by Gasteiger charge is 2.35. The van der Waals surface area contributed by atoms with Crippen LogP contribution in [-0.4, -0.2) is 12.5 Å². The van der Waals surface area contributed by atoms with Gasteiger partial charge in [-0.15, -0.1) is 0 Å². The van der Waals surface area contributed by atoms with Crippen LogP contribution in [0, 0.1) is 18.2 Å². The van der Waals surface area contributed by atoms with E-state index in [4.69, 9.17) is 5.73 Å². The number of benzene rings is 1. The molecule has 0 aliphatic rings. The first kappa shape index (κ1) is 16.6. The number of anilines is 1. The Labute approximate surface area is 120 Å². The molecule has 1 rings (SSSR count). The van der Waals surface area contributed by atoms with E-state index in [1.54, 1.807) is 12.1 Å². The molecule has 0 fully saturated rings. The molecule has 4 heteroatoms. The molecule has 0 spiro atoms. The molecule has 0 radical (unpaired) electrons. The Balaban J connectivity index is 2.98. The molecule has 0 heterocycles. The van der Waals surface area contributed by atoms with Gasteiger partial charge in [-0.05, 0) is 37.5 Å². The molecule has 0 aromatic heterocycles. The number of aryl methyl sites for hydroxylation is 1. The second-order valence-corrected chi connectivity index (χ2v) is 5.42. The van der Waals surface area contributed by atoms with Gasteiger partial charge in [0.1, 0.15) is 5.82 Å². The van der Waals surface area contributed by atoms with E-state index in [1.807, 2.05) is 20.8 Å². The highest BCUT2D eigenvalue weighted by atomic mass is 19.1. The van der Waals surface area contributed by atoms with Crippen molar-refractivity contribution < 1.29 is 9.18 Å². The second-order valence-electron chi connectivity index (χ2n) is 5.42. The quantitative estimate of drug-likeness (QED) is 0.801. The summed E-state index contributed by atoms with van der Waals surface area (Å²) in [6, 6.07) is 4.69. The van der Waals surface area contributed by atoms with Gasteiger partial charge in [-0.25, -0.2) is 4.39 Å². The predicted molar refractivity (Wildman–Crippen MR) is 81.1 cm³/mol. The summed E-state index contributed by atoms with van der Waals surface area (Å²) in [6.45, 7) is 6.21. The highest BCUT2D eigenvalue weighted by molar-refractivity contribution is 5.95. The molecular weight excluding hydrogens is 255 g/mol. The summed E-state index contributed by atoms with van der Waals surface area (Å²) in [5, 5.41) is 2.72. The summed E-state index contributed by atoms with van der Waals surface area (Å²) in [4.78, 5) is 12.6. The van der Waals surface area contributed by atoms with Gasteiger partial charge in [-0.2, -0.15) is 0 Å². The van der Waals surface area contributed by atoms with Crippen LogP contribution in [0.25, 0.3) is 0 Å². The van der Waals surface area contributed by atoms with Gasteiger partial charge in [-0.1, -0.05) is 32.8 Å². The van der Waals surface area contributed by atoms with Crippen LogP contribution in [0.1, 0.15) is 45.1 Å². The van der Waals surface area contributed by atoms with Crippen LogP contribution in [-0.2, 0) is 4.79 Å². The van der Waals surface area contributed by atoms with Crippen LogP contribution in [0.2, 0.25) is 0 Å². The van der Waals surface area contributed by atoms with E-state index < -0.39 is 11.2 Å². The largest absolute Gasteiger partial charge is 0.329 e. The van der Waals surface area contributed by atoms with Crippen molar-refractivity contribution >= 4 is 11.6 Å². The highest BCUT2D eigenvalue weighted by Crippen LogP contribution is 2.31. The Morgan fingerprint density at radius 2 is 1.90 bits per heavy atom. The normalized spacial score (nSPS) is 11.4. The monoisotopic (exact) mass is 280 g/mol. The third kappa shape index (κ3) is 3.79. The van der Waals surface area contributed by atoms with Crippen LogP contribution in [0.5, 0.6) is 0 Å². The zero-order valence-electron chi connectivity index (χ0n) is 12.6. The lowest BCUT2D eigenvalue weighted by atomic mass is 9.78. The molecule has 0 unspecified atom stereocenters. The number of hydrogen-bond donors (Lipinski definition) is 2. The number of nitrogens with two attached hydrogens (primary N) is 1. The SMILES string of the molecule is CCCC(CN)(CCC)C(=O)Nc1cc(C)ccc1F. The maximum atomic E-state index is 13.7. The number of amides is 1. The molecular formula is C16H25FN2O. The van der Waals surface area contributed by atoms with Crippen LogP contribution >= 0.6 is 0 Å². The molecule has 1 aromatic rings. The number of carbonyl (C=O) groups is 1. The van der Waals surface area contributed by atoms with Gasteiger partial charge in [0.05, 0.1) is 11.1 Å². The van der Waals surface area contributed by atoms with E-state index in [0.717, 1.165) is 31.2 Å². The molecule has 0 aliphatic carbocycles. The molecule has 1 amide bonds. The first-order valence-electron chi connectivity index (χ1n) is 7.26. The van der Waals surface area contributed by atoms with E-state index in [9.17, 15) is 9.18 Å². The van der Waals surface area contributed by atoms with Crippen molar-refractivity contribution in [2.45, 2.75) is 46.5 Å². The molecule has 3 nitrogen and oxygen atoms in total. The minimum atomic E-state index is -0.598. The van der Waals surface area contributed by atoms with Crippen LogP contribution in [0.15, 0.2) is 18.2 Å². The van der Waals surface area contributed by atoms with E-state index in [1.165, 1.54) is 6.07 Å². The summed E-state index contributed by atoms with van der Waals surface area (Å²) >= 11 is 0. The van der Waals surface area contributed by atoms with Gasteiger partial charge in [0, 0.05) is 6.54 Å².